The molecule has 0 bridgehead atoms. The van der Waals surface area contributed by atoms with Gasteiger partial charge in [-0.2, -0.15) is 5.10 Å². The summed E-state index contributed by atoms with van der Waals surface area (Å²) in [6.45, 7) is 5.50. The standard InChI is InChI=1S/C12H19N3O2/c1-4-8-15(9-5-2)12(17)10-6-7-11(16)14(3)13-10/h6-7H,4-5,8-9H2,1-3H3. The number of carbonyl (C=O) groups is 1. The lowest BCUT2D eigenvalue weighted by atomic mass is 10.3. The predicted octanol–water partition coefficient (Wildman–Crippen LogP) is 1.04. The highest BCUT2D eigenvalue weighted by Gasteiger charge is 2.16. The number of aromatic nitrogens is 2. The molecule has 1 rings (SSSR count). The molecule has 17 heavy (non-hydrogen) atoms. The Balaban J connectivity index is 2.92. The van der Waals surface area contributed by atoms with Gasteiger partial charge in [-0.1, -0.05) is 13.8 Å². The van der Waals surface area contributed by atoms with Crippen molar-refractivity contribution in [2.24, 2.45) is 7.05 Å². The van der Waals surface area contributed by atoms with Crippen LogP contribution < -0.4 is 5.56 Å². The molecule has 0 aliphatic heterocycles. The van der Waals surface area contributed by atoms with Gasteiger partial charge >= 0.3 is 0 Å². The summed E-state index contributed by atoms with van der Waals surface area (Å²) in [5, 5.41) is 3.97. The summed E-state index contributed by atoms with van der Waals surface area (Å²) in [7, 11) is 1.54. The van der Waals surface area contributed by atoms with Gasteiger partial charge in [0.1, 0.15) is 5.69 Å². The maximum atomic E-state index is 12.1. The van der Waals surface area contributed by atoms with Gasteiger partial charge in [0.25, 0.3) is 11.5 Å². The minimum atomic E-state index is -0.209. The van der Waals surface area contributed by atoms with E-state index < -0.39 is 0 Å². The number of nitrogens with zero attached hydrogens (tertiary/aromatic N) is 3. The van der Waals surface area contributed by atoms with E-state index in [2.05, 4.69) is 5.10 Å². The van der Waals surface area contributed by atoms with Crippen LogP contribution in [-0.4, -0.2) is 33.7 Å². The minimum absolute atomic E-state index is 0.107. The summed E-state index contributed by atoms with van der Waals surface area (Å²) in [4.78, 5) is 25.1. The molecule has 1 heterocycles. The molecular weight excluding hydrogens is 218 g/mol. The highest BCUT2D eigenvalue weighted by atomic mass is 16.2. The van der Waals surface area contributed by atoms with Crippen LogP contribution in [0, 0.1) is 0 Å². The van der Waals surface area contributed by atoms with Crippen LogP contribution in [0.2, 0.25) is 0 Å². The molecule has 0 spiro atoms. The van der Waals surface area contributed by atoms with Gasteiger partial charge in [-0.05, 0) is 18.9 Å². The Kier molecular flexibility index (Phi) is 4.87. The van der Waals surface area contributed by atoms with Crippen LogP contribution in [0.5, 0.6) is 0 Å². The monoisotopic (exact) mass is 237 g/mol. The Morgan fingerprint density at radius 2 is 1.88 bits per heavy atom. The molecule has 1 amide bonds. The van der Waals surface area contributed by atoms with E-state index in [1.54, 1.807) is 11.9 Å². The van der Waals surface area contributed by atoms with Crippen LogP contribution in [0.4, 0.5) is 0 Å². The molecule has 0 atom stereocenters. The zero-order valence-corrected chi connectivity index (χ0v) is 10.6. The molecule has 5 nitrogen and oxygen atoms in total. The van der Waals surface area contributed by atoms with Gasteiger partial charge in [-0.15, -0.1) is 0 Å². The lowest BCUT2D eigenvalue weighted by Gasteiger charge is -2.20. The van der Waals surface area contributed by atoms with Crippen molar-refractivity contribution in [3.05, 3.63) is 28.2 Å². The Morgan fingerprint density at radius 1 is 1.29 bits per heavy atom. The highest BCUT2D eigenvalue weighted by Crippen LogP contribution is 2.02. The Hall–Kier alpha value is -1.65. The van der Waals surface area contributed by atoms with Crippen molar-refractivity contribution in [2.75, 3.05) is 13.1 Å². The van der Waals surface area contributed by atoms with Crippen molar-refractivity contribution in [2.45, 2.75) is 26.7 Å². The topological polar surface area (TPSA) is 55.2 Å². The zero-order valence-electron chi connectivity index (χ0n) is 10.6. The predicted molar refractivity (Wildman–Crippen MR) is 66.0 cm³/mol. The number of rotatable bonds is 5. The molecular formula is C12H19N3O2. The van der Waals surface area contributed by atoms with Gasteiger partial charge in [-0.3, -0.25) is 9.59 Å². The van der Waals surface area contributed by atoms with E-state index in [4.69, 9.17) is 0 Å². The second-order valence-corrected chi connectivity index (χ2v) is 3.97. The maximum absolute atomic E-state index is 12.1. The van der Waals surface area contributed by atoms with Crippen LogP contribution in [0.3, 0.4) is 0 Å². The number of aryl methyl sites for hydroxylation is 1. The molecule has 0 fully saturated rings. The second-order valence-electron chi connectivity index (χ2n) is 3.97. The lowest BCUT2D eigenvalue weighted by Crippen LogP contribution is -2.34. The van der Waals surface area contributed by atoms with E-state index in [1.165, 1.54) is 16.8 Å². The third-order valence-corrected chi connectivity index (χ3v) is 2.45. The molecule has 5 heteroatoms. The number of hydrogen-bond donors (Lipinski definition) is 0. The van der Waals surface area contributed by atoms with Gasteiger partial charge in [-0.25, -0.2) is 4.68 Å². The van der Waals surface area contributed by atoms with Crippen molar-refractivity contribution in [3.8, 4) is 0 Å². The van der Waals surface area contributed by atoms with Gasteiger partial charge in [0, 0.05) is 26.2 Å². The molecule has 0 N–H and O–H groups in total. The zero-order chi connectivity index (χ0) is 12.8. The fourth-order valence-corrected chi connectivity index (χ4v) is 1.63. The number of amides is 1. The number of carbonyl (C=O) groups excluding carboxylic acids is 1. The highest BCUT2D eigenvalue weighted by molar-refractivity contribution is 5.92. The van der Waals surface area contributed by atoms with Crippen molar-refractivity contribution >= 4 is 5.91 Å². The quantitative estimate of drug-likeness (QED) is 0.769. The van der Waals surface area contributed by atoms with Crippen LogP contribution >= 0.6 is 0 Å². The van der Waals surface area contributed by atoms with E-state index in [0.29, 0.717) is 5.69 Å². The summed E-state index contributed by atoms with van der Waals surface area (Å²) in [5.74, 6) is -0.107. The number of hydrogen-bond acceptors (Lipinski definition) is 3. The van der Waals surface area contributed by atoms with E-state index in [1.807, 2.05) is 13.8 Å². The maximum Gasteiger partial charge on any atom is 0.274 e. The average molecular weight is 237 g/mol. The summed E-state index contributed by atoms with van der Waals surface area (Å²) < 4.78 is 1.18. The molecule has 0 aliphatic rings. The minimum Gasteiger partial charge on any atom is -0.337 e. The van der Waals surface area contributed by atoms with E-state index in [-0.39, 0.29) is 11.5 Å². The van der Waals surface area contributed by atoms with Crippen LogP contribution in [0.1, 0.15) is 37.2 Å². The SMILES string of the molecule is CCCN(CCC)C(=O)c1ccc(=O)n(C)n1. The first-order chi connectivity index (χ1) is 8.10. The lowest BCUT2D eigenvalue weighted by molar-refractivity contribution is 0.0747. The molecule has 0 aromatic carbocycles. The molecule has 0 radical (unpaired) electrons. The van der Waals surface area contributed by atoms with Crippen molar-refractivity contribution < 1.29 is 4.79 Å². The first-order valence-corrected chi connectivity index (χ1v) is 5.93. The molecule has 0 aliphatic carbocycles. The summed E-state index contributed by atoms with van der Waals surface area (Å²) >= 11 is 0. The van der Waals surface area contributed by atoms with Crippen molar-refractivity contribution in [3.63, 3.8) is 0 Å². The van der Waals surface area contributed by atoms with Gasteiger partial charge in [0.2, 0.25) is 0 Å². The van der Waals surface area contributed by atoms with Crippen LogP contribution in [0.15, 0.2) is 16.9 Å². The molecule has 94 valence electrons. The third-order valence-electron chi connectivity index (χ3n) is 2.45. The first kappa shape index (κ1) is 13.4. The van der Waals surface area contributed by atoms with Crippen LogP contribution in [-0.2, 0) is 7.05 Å². The van der Waals surface area contributed by atoms with E-state index in [9.17, 15) is 9.59 Å². The van der Waals surface area contributed by atoms with E-state index in [0.717, 1.165) is 25.9 Å². The Morgan fingerprint density at radius 3 is 2.35 bits per heavy atom. The first-order valence-electron chi connectivity index (χ1n) is 5.93. The smallest absolute Gasteiger partial charge is 0.274 e. The molecule has 0 unspecified atom stereocenters. The fourth-order valence-electron chi connectivity index (χ4n) is 1.63. The Labute approximate surface area is 101 Å². The Bertz CT molecular complexity index is 434. The summed E-state index contributed by atoms with van der Waals surface area (Å²) in [6, 6.07) is 2.86. The van der Waals surface area contributed by atoms with Gasteiger partial charge < -0.3 is 4.90 Å². The van der Waals surface area contributed by atoms with E-state index >= 15 is 0 Å². The van der Waals surface area contributed by atoms with Crippen molar-refractivity contribution in [1.29, 1.82) is 0 Å². The largest absolute Gasteiger partial charge is 0.337 e. The average Bonchev–Trinajstić information content (AvgIpc) is 2.31. The normalized spacial score (nSPS) is 10.3. The molecule has 1 aromatic rings. The van der Waals surface area contributed by atoms with Gasteiger partial charge in [0.05, 0.1) is 0 Å². The van der Waals surface area contributed by atoms with Crippen LogP contribution in [0.25, 0.3) is 0 Å². The molecule has 0 saturated carbocycles. The summed E-state index contributed by atoms with van der Waals surface area (Å²) in [5.41, 5.74) is 0.119. The third kappa shape index (κ3) is 3.41. The fraction of sp³-hybridized carbons (Fsp3) is 0.583. The molecule has 0 saturated heterocycles. The van der Waals surface area contributed by atoms with Gasteiger partial charge in [0.15, 0.2) is 0 Å². The second kappa shape index (κ2) is 6.18. The summed E-state index contributed by atoms with van der Waals surface area (Å²) in [6.07, 6.45) is 1.83. The van der Waals surface area contributed by atoms with Crippen molar-refractivity contribution in [1.82, 2.24) is 14.7 Å². The molecule has 1 aromatic heterocycles.